The summed E-state index contributed by atoms with van der Waals surface area (Å²) in [5.74, 6) is -0.0868. The first-order chi connectivity index (χ1) is 9.58. The molecule has 0 saturated heterocycles. The van der Waals surface area contributed by atoms with Crippen LogP contribution in [0.4, 0.5) is 0 Å². The smallest absolute Gasteiger partial charge is 0.251 e. The van der Waals surface area contributed by atoms with Crippen LogP contribution in [-0.2, 0) is 11.9 Å². The molecule has 2 rings (SSSR count). The molecule has 104 valence electrons. The van der Waals surface area contributed by atoms with Crippen LogP contribution >= 0.6 is 47.8 Å². The Morgan fingerprint density at radius 2 is 1.65 bits per heavy atom. The van der Waals surface area contributed by atoms with Crippen molar-refractivity contribution in [2.45, 2.75) is 11.9 Å². The number of halogens is 3. The Hall–Kier alpha value is -0.650. The minimum absolute atomic E-state index is 0.0868. The van der Waals surface area contributed by atoms with Gasteiger partial charge in [-0.15, -0.1) is 0 Å². The maximum absolute atomic E-state index is 12.1. The number of nitrogens with one attached hydrogen (secondary N) is 1. The number of carbonyl (C=O) groups is 1. The van der Waals surface area contributed by atoms with Crippen LogP contribution in [0.2, 0.25) is 0 Å². The molecule has 5 heteroatoms. The first kappa shape index (κ1) is 15.7. The molecule has 20 heavy (non-hydrogen) atoms. The second-order valence-electron chi connectivity index (χ2n) is 4.29. The first-order valence-corrected chi connectivity index (χ1v) is 8.67. The highest BCUT2D eigenvalue weighted by atomic mass is 79.9. The number of carbonyl (C=O) groups excluding carboxylic acids is 1. The molecule has 0 unspecified atom stereocenters. The SMILES string of the molecule is O=C(NCc1cccc(CBr)c1)c1cc(Br)cc(Br)c1. The molecule has 2 aromatic rings. The van der Waals surface area contributed by atoms with E-state index in [0.29, 0.717) is 12.1 Å². The number of benzene rings is 2. The highest BCUT2D eigenvalue weighted by Crippen LogP contribution is 2.20. The van der Waals surface area contributed by atoms with Crippen molar-refractivity contribution in [2.24, 2.45) is 0 Å². The van der Waals surface area contributed by atoms with Crippen molar-refractivity contribution in [2.75, 3.05) is 0 Å². The second kappa shape index (κ2) is 7.38. The van der Waals surface area contributed by atoms with Crippen LogP contribution in [0.25, 0.3) is 0 Å². The van der Waals surface area contributed by atoms with Crippen molar-refractivity contribution in [3.63, 3.8) is 0 Å². The number of alkyl halides is 1. The molecule has 1 N–H and O–H groups in total. The highest BCUT2D eigenvalue weighted by molar-refractivity contribution is 9.11. The fraction of sp³-hybridized carbons (Fsp3) is 0.133. The summed E-state index contributed by atoms with van der Waals surface area (Å²) >= 11 is 10.2. The third-order valence-electron chi connectivity index (χ3n) is 2.72. The lowest BCUT2D eigenvalue weighted by molar-refractivity contribution is 0.0951. The molecule has 0 heterocycles. The van der Waals surface area contributed by atoms with Gasteiger partial charge in [-0.2, -0.15) is 0 Å². The van der Waals surface area contributed by atoms with Gasteiger partial charge in [-0.05, 0) is 29.3 Å². The maximum Gasteiger partial charge on any atom is 0.251 e. The van der Waals surface area contributed by atoms with E-state index >= 15 is 0 Å². The molecule has 0 aliphatic heterocycles. The van der Waals surface area contributed by atoms with Gasteiger partial charge in [0.05, 0.1) is 0 Å². The van der Waals surface area contributed by atoms with E-state index < -0.39 is 0 Å². The largest absolute Gasteiger partial charge is 0.348 e. The van der Waals surface area contributed by atoms with E-state index in [1.54, 1.807) is 12.1 Å². The molecule has 0 saturated carbocycles. The topological polar surface area (TPSA) is 29.1 Å². The Kier molecular flexibility index (Phi) is 5.81. The Balaban J connectivity index is 2.04. The summed E-state index contributed by atoms with van der Waals surface area (Å²) < 4.78 is 1.75. The molecular weight excluding hydrogens is 450 g/mol. The van der Waals surface area contributed by atoms with Gasteiger partial charge in [-0.3, -0.25) is 4.79 Å². The predicted octanol–water partition coefficient (Wildman–Crippen LogP) is 5.04. The van der Waals surface area contributed by atoms with Crippen molar-refractivity contribution in [1.29, 1.82) is 0 Å². The summed E-state index contributed by atoms with van der Waals surface area (Å²) in [5.41, 5.74) is 2.91. The molecule has 0 aromatic heterocycles. The van der Waals surface area contributed by atoms with Crippen molar-refractivity contribution < 1.29 is 4.79 Å². The fourth-order valence-electron chi connectivity index (χ4n) is 1.79. The Morgan fingerprint density at radius 1 is 1.00 bits per heavy atom. The fourth-order valence-corrected chi connectivity index (χ4v) is 3.43. The van der Waals surface area contributed by atoms with Crippen LogP contribution in [0.1, 0.15) is 21.5 Å². The third-order valence-corrected chi connectivity index (χ3v) is 4.29. The van der Waals surface area contributed by atoms with E-state index in [1.807, 2.05) is 24.3 Å². The van der Waals surface area contributed by atoms with Crippen molar-refractivity contribution in [3.05, 3.63) is 68.1 Å². The zero-order valence-corrected chi connectivity index (χ0v) is 15.3. The number of rotatable bonds is 4. The molecule has 1 amide bonds. The van der Waals surface area contributed by atoms with Gasteiger partial charge in [-0.1, -0.05) is 72.1 Å². The van der Waals surface area contributed by atoms with Gasteiger partial charge >= 0.3 is 0 Å². The zero-order chi connectivity index (χ0) is 14.5. The summed E-state index contributed by atoms with van der Waals surface area (Å²) in [6, 6.07) is 13.6. The summed E-state index contributed by atoms with van der Waals surface area (Å²) in [4.78, 5) is 12.1. The van der Waals surface area contributed by atoms with E-state index in [2.05, 4.69) is 59.2 Å². The summed E-state index contributed by atoms with van der Waals surface area (Å²) in [5, 5.41) is 3.74. The Labute approximate surface area is 143 Å². The third kappa shape index (κ3) is 4.43. The molecule has 0 atom stereocenters. The van der Waals surface area contributed by atoms with Crippen LogP contribution in [0.5, 0.6) is 0 Å². The molecule has 0 bridgehead atoms. The van der Waals surface area contributed by atoms with Crippen LogP contribution in [-0.4, -0.2) is 5.91 Å². The molecular formula is C15H12Br3NO. The summed E-state index contributed by atoms with van der Waals surface area (Å²) in [6.45, 7) is 0.518. The van der Waals surface area contributed by atoms with Gasteiger partial charge < -0.3 is 5.32 Å². The molecule has 0 aliphatic carbocycles. The summed E-state index contributed by atoms with van der Waals surface area (Å²) in [7, 11) is 0. The van der Waals surface area contributed by atoms with Crippen molar-refractivity contribution in [1.82, 2.24) is 5.32 Å². The Morgan fingerprint density at radius 3 is 2.30 bits per heavy atom. The highest BCUT2D eigenvalue weighted by Gasteiger charge is 2.07. The first-order valence-electron chi connectivity index (χ1n) is 5.96. The second-order valence-corrected chi connectivity index (χ2v) is 6.69. The van der Waals surface area contributed by atoms with Gasteiger partial charge in [0.15, 0.2) is 0 Å². The zero-order valence-electron chi connectivity index (χ0n) is 10.5. The van der Waals surface area contributed by atoms with Crippen molar-refractivity contribution in [3.8, 4) is 0 Å². The lowest BCUT2D eigenvalue weighted by Crippen LogP contribution is -2.22. The van der Waals surface area contributed by atoms with Crippen LogP contribution in [0.15, 0.2) is 51.4 Å². The van der Waals surface area contributed by atoms with E-state index in [0.717, 1.165) is 19.8 Å². The quantitative estimate of drug-likeness (QED) is 0.635. The predicted molar refractivity (Wildman–Crippen MR) is 92.1 cm³/mol. The molecule has 2 aromatic carbocycles. The van der Waals surface area contributed by atoms with E-state index in [4.69, 9.17) is 0 Å². The maximum atomic E-state index is 12.1. The standard InChI is InChI=1S/C15H12Br3NO/c16-8-10-2-1-3-11(4-10)9-19-15(20)12-5-13(17)7-14(18)6-12/h1-7H,8-9H2,(H,19,20). The molecule has 0 spiro atoms. The van der Waals surface area contributed by atoms with Crippen LogP contribution < -0.4 is 5.32 Å². The van der Waals surface area contributed by atoms with Crippen LogP contribution in [0, 0.1) is 0 Å². The average Bonchev–Trinajstić information content (AvgIpc) is 2.44. The van der Waals surface area contributed by atoms with E-state index in [1.165, 1.54) is 5.56 Å². The minimum atomic E-state index is -0.0868. The molecule has 2 nitrogen and oxygen atoms in total. The van der Waals surface area contributed by atoms with Gasteiger partial charge in [0, 0.05) is 26.4 Å². The lowest BCUT2D eigenvalue weighted by Gasteiger charge is -2.07. The molecule has 0 aliphatic rings. The van der Waals surface area contributed by atoms with Crippen LogP contribution in [0.3, 0.4) is 0 Å². The minimum Gasteiger partial charge on any atom is -0.348 e. The number of hydrogen-bond donors (Lipinski definition) is 1. The number of hydrogen-bond acceptors (Lipinski definition) is 1. The van der Waals surface area contributed by atoms with Gasteiger partial charge in [-0.25, -0.2) is 0 Å². The van der Waals surface area contributed by atoms with Crippen molar-refractivity contribution >= 4 is 53.7 Å². The normalized spacial score (nSPS) is 10.3. The number of amides is 1. The average molecular weight is 462 g/mol. The summed E-state index contributed by atoms with van der Waals surface area (Å²) in [6.07, 6.45) is 0. The van der Waals surface area contributed by atoms with Gasteiger partial charge in [0.1, 0.15) is 0 Å². The molecule has 0 radical (unpaired) electrons. The lowest BCUT2D eigenvalue weighted by atomic mass is 10.1. The van der Waals surface area contributed by atoms with Gasteiger partial charge in [0.25, 0.3) is 5.91 Å². The molecule has 0 fully saturated rings. The van der Waals surface area contributed by atoms with Gasteiger partial charge in [0.2, 0.25) is 0 Å². The Bertz CT molecular complexity index is 608. The monoisotopic (exact) mass is 459 g/mol. The van der Waals surface area contributed by atoms with E-state index in [-0.39, 0.29) is 5.91 Å². The van der Waals surface area contributed by atoms with E-state index in [9.17, 15) is 4.79 Å².